The second-order valence-electron chi connectivity index (χ2n) is 5.58. The van der Waals surface area contributed by atoms with Gasteiger partial charge in [0.2, 0.25) is 5.88 Å². The van der Waals surface area contributed by atoms with Gasteiger partial charge in [-0.25, -0.2) is 14.6 Å². The van der Waals surface area contributed by atoms with E-state index in [-0.39, 0.29) is 11.3 Å². The summed E-state index contributed by atoms with van der Waals surface area (Å²) in [6, 6.07) is 12.4. The van der Waals surface area contributed by atoms with Crippen LogP contribution in [0.2, 0.25) is 0 Å². The molecule has 0 amide bonds. The van der Waals surface area contributed by atoms with Crippen LogP contribution in [0.1, 0.15) is 0 Å². The summed E-state index contributed by atoms with van der Waals surface area (Å²) in [4.78, 5) is 30.4. The number of rotatable bonds is 5. The van der Waals surface area contributed by atoms with Crippen molar-refractivity contribution < 1.29 is 23.8 Å². The molecule has 0 N–H and O–H groups in total. The average Bonchev–Trinajstić information content (AvgIpc) is 2.96. The number of ether oxygens (including phenoxy) is 3. The lowest BCUT2D eigenvalue weighted by Crippen LogP contribution is -2.26. The summed E-state index contributed by atoms with van der Waals surface area (Å²) < 4.78 is 15.5. The predicted molar refractivity (Wildman–Crippen MR) is 103 cm³/mol. The number of hydrogen-bond donors (Lipinski definition) is 0. The van der Waals surface area contributed by atoms with Crippen LogP contribution in [0.4, 0.5) is 5.69 Å². The normalized spacial score (nSPS) is 13.1. The molecule has 0 aliphatic carbocycles. The Bertz CT molecular complexity index is 964. The standard InChI is InChI=1S/C21H18N2O5/c1-26-20(24)17-10-4-6-13-23(19(17)21(25)27-2)15-8-7-9-16(14-15)28-18-11-3-5-12-22-18/h3-14H,1-2H3. The van der Waals surface area contributed by atoms with Crippen molar-refractivity contribution in [3.8, 4) is 11.6 Å². The Morgan fingerprint density at radius 1 is 0.964 bits per heavy atom. The van der Waals surface area contributed by atoms with E-state index < -0.39 is 11.9 Å². The number of aromatic nitrogens is 1. The Balaban J connectivity index is 2.04. The molecule has 0 fully saturated rings. The van der Waals surface area contributed by atoms with Crippen molar-refractivity contribution in [3.05, 3.63) is 84.4 Å². The van der Waals surface area contributed by atoms with Gasteiger partial charge < -0.3 is 19.1 Å². The van der Waals surface area contributed by atoms with Crippen LogP contribution in [0.3, 0.4) is 0 Å². The highest BCUT2D eigenvalue weighted by molar-refractivity contribution is 6.05. The summed E-state index contributed by atoms with van der Waals surface area (Å²) in [5.41, 5.74) is 0.708. The van der Waals surface area contributed by atoms with Crippen molar-refractivity contribution >= 4 is 17.6 Å². The third-order valence-electron chi connectivity index (χ3n) is 3.85. The zero-order valence-electron chi connectivity index (χ0n) is 15.4. The summed E-state index contributed by atoms with van der Waals surface area (Å²) in [6.45, 7) is 0. The van der Waals surface area contributed by atoms with Gasteiger partial charge in [-0.05, 0) is 30.4 Å². The third kappa shape index (κ3) is 4.09. The summed E-state index contributed by atoms with van der Waals surface area (Å²) >= 11 is 0. The molecule has 0 bridgehead atoms. The van der Waals surface area contributed by atoms with Crippen molar-refractivity contribution in [1.29, 1.82) is 0 Å². The highest BCUT2D eigenvalue weighted by Gasteiger charge is 2.27. The van der Waals surface area contributed by atoms with Crippen LogP contribution < -0.4 is 9.64 Å². The fourth-order valence-corrected chi connectivity index (χ4v) is 2.59. The van der Waals surface area contributed by atoms with Crippen LogP contribution in [0.25, 0.3) is 0 Å². The van der Waals surface area contributed by atoms with E-state index in [1.807, 2.05) is 6.07 Å². The first-order valence-electron chi connectivity index (χ1n) is 8.38. The number of carbonyl (C=O) groups is 2. The molecular formula is C21H18N2O5. The van der Waals surface area contributed by atoms with Gasteiger partial charge in [0.15, 0.2) is 0 Å². The molecule has 0 spiro atoms. The maximum Gasteiger partial charge on any atom is 0.355 e. The number of esters is 2. The highest BCUT2D eigenvalue weighted by atomic mass is 16.5. The first-order valence-corrected chi connectivity index (χ1v) is 8.38. The first kappa shape index (κ1) is 18.9. The van der Waals surface area contributed by atoms with Crippen LogP contribution in [-0.4, -0.2) is 31.1 Å². The van der Waals surface area contributed by atoms with Gasteiger partial charge in [0.1, 0.15) is 11.4 Å². The Kier molecular flexibility index (Phi) is 5.86. The number of allylic oxidation sites excluding steroid dienone is 2. The minimum atomic E-state index is -0.673. The number of hydrogen-bond acceptors (Lipinski definition) is 7. The zero-order chi connectivity index (χ0) is 19.9. The minimum absolute atomic E-state index is 0.0364. The van der Waals surface area contributed by atoms with Gasteiger partial charge in [-0.2, -0.15) is 0 Å². The van der Waals surface area contributed by atoms with E-state index in [0.717, 1.165) is 0 Å². The summed E-state index contributed by atoms with van der Waals surface area (Å²) in [5, 5.41) is 0. The molecule has 0 saturated carbocycles. The summed E-state index contributed by atoms with van der Waals surface area (Å²) in [5.74, 6) is -0.365. The highest BCUT2D eigenvalue weighted by Crippen LogP contribution is 2.30. The summed E-state index contributed by atoms with van der Waals surface area (Å²) in [6.07, 6.45) is 8.12. The van der Waals surface area contributed by atoms with Gasteiger partial charge in [-0.3, -0.25) is 0 Å². The first-order chi connectivity index (χ1) is 13.6. The van der Waals surface area contributed by atoms with Crippen molar-refractivity contribution in [1.82, 2.24) is 4.98 Å². The van der Waals surface area contributed by atoms with Crippen molar-refractivity contribution in [2.45, 2.75) is 0 Å². The van der Waals surface area contributed by atoms with Gasteiger partial charge in [-0.15, -0.1) is 0 Å². The van der Waals surface area contributed by atoms with E-state index in [9.17, 15) is 9.59 Å². The van der Waals surface area contributed by atoms with Crippen LogP contribution in [0.15, 0.2) is 84.4 Å². The Morgan fingerprint density at radius 2 is 1.79 bits per heavy atom. The van der Waals surface area contributed by atoms with E-state index >= 15 is 0 Å². The second kappa shape index (κ2) is 8.68. The van der Waals surface area contributed by atoms with Crippen LogP contribution in [-0.2, 0) is 19.1 Å². The zero-order valence-corrected chi connectivity index (χ0v) is 15.4. The molecule has 1 aromatic carbocycles. The lowest BCUT2D eigenvalue weighted by molar-refractivity contribution is -0.139. The lowest BCUT2D eigenvalue weighted by atomic mass is 10.1. The molecule has 0 radical (unpaired) electrons. The number of anilines is 1. The minimum Gasteiger partial charge on any atom is -0.465 e. The molecule has 28 heavy (non-hydrogen) atoms. The molecule has 1 aromatic heterocycles. The van der Waals surface area contributed by atoms with Gasteiger partial charge >= 0.3 is 11.9 Å². The monoisotopic (exact) mass is 378 g/mol. The predicted octanol–water partition coefficient (Wildman–Crippen LogP) is 3.36. The van der Waals surface area contributed by atoms with Gasteiger partial charge in [-0.1, -0.05) is 18.2 Å². The Labute approximate surface area is 162 Å². The van der Waals surface area contributed by atoms with E-state index in [1.54, 1.807) is 65.8 Å². The average molecular weight is 378 g/mol. The molecule has 2 aromatic rings. The Morgan fingerprint density at radius 3 is 2.50 bits per heavy atom. The largest absolute Gasteiger partial charge is 0.465 e. The van der Waals surface area contributed by atoms with E-state index in [0.29, 0.717) is 17.3 Å². The number of carbonyl (C=O) groups excluding carboxylic acids is 2. The molecule has 7 nitrogen and oxygen atoms in total. The smallest absolute Gasteiger partial charge is 0.355 e. The summed E-state index contributed by atoms with van der Waals surface area (Å²) in [7, 11) is 2.50. The van der Waals surface area contributed by atoms with Crippen molar-refractivity contribution in [3.63, 3.8) is 0 Å². The van der Waals surface area contributed by atoms with E-state index in [1.165, 1.54) is 20.3 Å². The molecule has 0 atom stereocenters. The SMILES string of the molecule is COC(=O)C1=C(C(=O)OC)N(c2cccc(Oc3ccccn3)c2)C=CC=C1. The molecule has 0 saturated heterocycles. The number of pyridine rings is 1. The third-order valence-corrected chi connectivity index (χ3v) is 3.85. The Hall–Kier alpha value is -3.87. The quantitative estimate of drug-likeness (QED) is 0.738. The number of nitrogens with zero attached hydrogens (tertiary/aromatic N) is 2. The van der Waals surface area contributed by atoms with Crippen LogP contribution >= 0.6 is 0 Å². The molecule has 142 valence electrons. The molecule has 0 unspecified atom stereocenters. The fraction of sp³-hybridized carbons (Fsp3) is 0.0952. The van der Waals surface area contributed by atoms with Crippen molar-refractivity contribution in [2.75, 3.05) is 19.1 Å². The molecule has 2 heterocycles. The van der Waals surface area contributed by atoms with E-state index in [2.05, 4.69) is 4.98 Å². The lowest BCUT2D eigenvalue weighted by Gasteiger charge is -2.23. The topological polar surface area (TPSA) is 78.0 Å². The maximum absolute atomic E-state index is 12.5. The molecule has 7 heteroatoms. The number of benzene rings is 1. The van der Waals surface area contributed by atoms with Gasteiger partial charge in [0.25, 0.3) is 0 Å². The molecule has 1 aliphatic heterocycles. The van der Waals surface area contributed by atoms with Gasteiger partial charge in [0.05, 0.1) is 19.8 Å². The molecule has 3 rings (SSSR count). The maximum atomic E-state index is 12.5. The molecule has 1 aliphatic rings. The van der Waals surface area contributed by atoms with Crippen molar-refractivity contribution in [2.24, 2.45) is 0 Å². The number of methoxy groups -OCH3 is 2. The van der Waals surface area contributed by atoms with Crippen LogP contribution in [0, 0.1) is 0 Å². The molecular weight excluding hydrogens is 360 g/mol. The van der Waals surface area contributed by atoms with Gasteiger partial charge in [0, 0.05) is 30.2 Å². The van der Waals surface area contributed by atoms with E-state index in [4.69, 9.17) is 14.2 Å². The second-order valence-corrected chi connectivity index (χ2v) is 5.58. The van der Waals surface area contributed by atoms with Crippen LogP contribution in [0.5, 0.6) is 11.6 Å². The fourth-order valence-electron chi connectivity index (χ4n) is 2.59.